The summed E-state index contributed by atoms with van der Waals surface area (Å²) in [6.07, 6.45) is 0. The van der Waals surface area contributed by atoms with E-state index in [1.807, 2.05) is 30.3 Å². The Kier molecular flexibility index (Phi) is 6.86. The molecule has 0 atom stereocenters. The number of imide groups is 1. The maximum atomic E-state index is 12.0. The first-order valence-corrected chi connectivity index (χ1v) is 11.5. The molecule has 8 heteroatoms. The second-order valence-electron chi connectivity index (χ2n) is 9.51. The van der Waals surface area contributed by atoms with E-state index in [4.69, 9.17) is 9.94 Å². The molecule has 2 aliphatic rings. The molecule has 1 saturated heterocycles. The van der Waals surface area contributed by atoms with Crippen LogP contribution in [0.25, 0.3) is 10.8 Å². The van der Waals surface area contributed by atoms with Crippen molar-refractivity contribution >= 4 is 34.2 Å². The van der Waals surface area contributed by atoms with E-state index >= 15 is 0 Å². The van der Waals surface area contributed by atoms with Gasteiger partial charge in [0.15, 0.2) is 0 Å². The fourth-order valence-corrected chi connectivity index (χ4v) is 4.27. The van der Waals surface area contributed by atoms with E-state index in [0.29, 0.717) is 29.9 Å². The summed E-state index contributed by atoms with van der Waals surface area (Å²) >= 11 is 0. The van der Waals surface area contributed by atoms with Crippen molar-refractivity contribution in [2.75, 3.05) is 31.2 Å². The largest absolute Gasteiger partial charge is 0.378 e. The summed E-state index contributed by atoms with van der Waals surface area (Å²) < 4.78 is 5.39. The number of ether oxygens (including phenoxy) is 1. The van der Waals surface area contributed by atoms with Gasteiger partial charge in [-0.1, -0.05) is 45.0 Å². The molecular formula is C27H29N3O5. The summed E-state index contributed by atoms with van der Waals surface area (Å²) in [6.45, 7) is 9.35. The highest BCUT2D eigenvalue weighted by atomic mass is 16.5. The van der Waals surface area contributed by atoms with E-state index in [9.17, 15) is 14.4 Å². The fraction of sp³-hybridized carbons (Fsp3) is 0.296. The topological polar surface area (TPSA) is 108 Å². The van der Waals surface area contributed by atoms with Crippen molar-refractivity contribution in [1.82, 2.24) is 10.8 Å². The lowest BCUT2D eigenvalue weighted by Gasteiger charge is -2.31. The normalized spacial score (nSPS) is 15.3. The Morgan fingerprint density at radius 2 is 1.57 bits per heavy atom. The summed E-state index contributed by atoms with van der Waals surface area (Å²) in [4.78, 5) is 37.3. The van der Waals surface area contributed by atoms with Crippen LogP contribution in [0.15, 0.2) is 54.6 Å². The van der Waals surface area contributed by atoms with Gasteiger partial charge in [-0.2, -0.15) is 0 Å². The monoisotopic (exact) mass is 475 g/mol. The number of carbonyl (C=O) groups is 3. The average Bonchev–Trinajstić information content (AvgIpc) is 2.87. The number of rotatable bonds is 2. The lowest BCUT2D eigenvalue weighted by Crippen LogP contribution is -2.37. The van der Waals surface area contributed by atoms with Gasteiger partial charge in [-0.05, 0) is 41.3 Å². The quantitative estimate of drug-likeness (QED) is 0.297. The third kappa shape index (κ3) is 5.03. The van der Waals surface area contributed by atoms with Crippen LogP contribution in [0.1, 0.15) is 57.4 Å². The SMILES string of the molecule is CC(C)(C)c1ccc(C(=O)NO)cc1.O=C1NC(=O)c2ccc(N3CCOCC3)c3cccc1c23. The van der Waals surface area contributed by atoms with Crippen molar-refractivity contribution in [3.63, 3.8) is 0 Å². The second-order valence-corrected chi connectivity index (χ2v) is 9.51. The summed E-state index contributed by atoms with van der Waals surface area (Å²) in [5.41, 5.74) is 5.49. The molecule has 3 N–H and O–H groups in total. The standard InChI is InChI=1S/C16H14N2O3.C11H15NO2/c19-15-11-3-1-2-10-13(18-6-8-21-9-7-18)5-4-12(14(10)11)16(20)17-15;1-11(2,3)9-6-4-8(5-7-9)10(13)12-14/h1-5H,6-9H2,(H,17,19,20);4-7,14H,1-3H3,(H,12,13). The summed E-state index contributed by atoms with van der Waals surface area (Å²) in [5.74, 6) is -1.13. The predicted octanol–water partition coefficient (Wildman–Crippen LogP) is 3.66. The van der Waals surface area contributed by atoms with Gasteiger partial charge in [0.25, 0.3) is 17.7 Å². The molecule has 0 bridgehead atoms. The van der Waals surface area contributed by atoms with E-state index in [0.717, 1.165) is 35.1 Å². The fourth-order valence-electron chi connectivity index (χ4n) is 4.27. The Hall–Kier alpha value is -3.75. The minimum atomic E-state index is -0.481. The van der Waals surface area contributed by atoms with Crippen molar-refractivity contribution in [1.29, 1.82) is 0 Å². The van der Waals surface area contributed by atoms with Crippen molar-refractivity contribution in [2.45, 2.75) is 26.2 Å². The van der Waals surface area contributed by atoms with Gasteiger partial charge in [-0.25, -0.2) is 5.48 Å². The van der Waals surface area contributed by atoms with Crippen LogP contribution in [0.2, 0.25) is 0 Å². The number of amides is 3. The lowest BCUT2D eigenvalue weighted by molar-refractivity contribution is 0.0706. The van der Waals surface area contributed by atoms with Gasteiger partial charge in [0.1, 0.15) is 0 Å². The molecule has 35 heavy (non-hydrogen) atoms. The van der Waals surface area contributed by atoms with Crippen LogP contribution < -0.4 is 15.7 Å². The second kappa shape index (κ2) is 9.85. The molecule has 0 saturated carbocycles. The molecule has 3 aromatic rings. The highest BCUT2D eigenvalue weighted by Crippen LogP contribution is 2.34. The molecule has 5 rings (SSSR count). The lowest BCUT2D eigenvalue weighted by atomic mass is 9.87. The van der Waals surface area contributed by atoms with Gasteiger partial charge in [-0.3, -0.25) is 24.9 Å². The van der Waals surface area contributed by atoms with Gasteiger partial charge >= 0.3 is 0 Å². The van der Waals surface area contributed by atoms with Crippen LogP contribution in [0, 0.1) is 0 Å². The molecule has 1 fully saturated rings. The number of nitrogens with one attached hydrogen (secondary N) is 2. The first-order valence-electron chi connectivity index (χ1n) is 11.5. The Bertz CT molecular complexity index is 1250. The van der Waals surface area contributed by atoms with Crippen LogP contribution in [0.5, 0.6) is 0 Å². The third-order valence-corrected chi connectivity index (χ3v) is 6.20. The zero-order chi connectivity index (χ0) is 25.2. The summed E-state index contributed by atoms with van der Waals surface area (Å²) in [5, 5.41) is 12.5. The van der Waals surface area contributed by atoms with Crippen LogP contribution in [-0.4, -0.2) is 49.2 Å². The van der Waals surface area contributed by atoms with Crippen molar-refractivity contribution in [2.24, 2.45) is 0 Å². The molecule has 0 aromatic heterocycles. The molecule has 3 aromatic carbocycles. The Morgan fingerprint density at radius 3 is 2.17 bits per heavy atom. The number of hydrogen-bond donors (Lipinski definition) is 3. The van der Waals surface area contributed by atoms with Crippen LogP contribution >= 0.6 is 0 Å². The zero-order valence-electron chi connectivity index (χ0n) is 20.1. The van der Waals surface area contributed by atoms with E-state index < -0.39 is 5.91 Å². The van der Waals surface area contributed by atoms with Crippen LogP contribution in [-0.2, 0) is 10.2 Å². The molecule has 2 aliphatic heterocycles. The van der Waals surface area contributed by atoms with Crippen molar-refractivity contribution < 1.29 is 24.3 Å². The summed E-state index contributed by atoms with van der Waals surface area (Å²) in [7, 11) is 0. The van der Waals surface area contributed by atoms with E-state index in [1.165, 1.54) is 0 Å². The first kappa shape index (κ1) is 24.4. The zero-order valence-corrected chi connectivity index (χ0v) is 20.1. The van der Waals surface area contributed by atoms with E-state index in [2.05, 4.69) is 31.0 Å². The first-order chi connectivity index (χ1) is 16.7. The van der Waals surface area contributed by atoms with Crippen LogP contribution in [0.4, 0.5) is 5.69 Å². The maximum Gasteiger partial charge on any atom is 0.274 e. The molecule has 2 heterocycles. The molecule has 0 spiro atoms. The summed E-state index contributed by atoms with van der Waals surface area (Å²) in [6, 6.07) is 16.5. The molecular weight excluding hydrogens is 446 g/mol. The maximum absolute atomic E-state index is 12.0. The Labute approximate surface area is 203 Å². The van der Waals surface area contributed by atoms with Crippen molar-refractivity contribution in [3.05, 3.63) is 76.9 Å². The molecule has 0 unspecified atom stereocenters. The Morgan fingerprint density at radius 1 is 0.943 bits per heavy atom. The van der Waals surface area contributed by atoms with Gasteiger partial charge in [0.05, 0.1) is 13.2 Å². The highest BCUT2D eigenvalue weighted by molar-refractivity contribution is 6.26. The number of anilines is 1. The molecule has 0 radical (unpaired) electrons. The number of nitrogens with zero attached hydrogens (tertiary/aromatic N) is 1. The van der Waals surface area contributed by atoms with E-state index in [1.54, 1.807) is 29.7 Å². The predicted molar refractivity (Wildman–Crippen MR) is 133 cm³/mol. The molecule has 8 nitrogen and oxygen atoms in total. The highest BCUT2D eigenvalue weighted by Gasteiger charge is 2.26. The Balaban J connectivity index is 0.000000181. The molecule has 182 valence electrons. The van der Waals surface area contributed by atoms with E-state index in [-0.39, 0.29) is 17.2 Å². The third-order valence-electron chi connectivity index (χ3n) is 6.20. The minimum absolute atomic E-state index is 0.0776. The number of morpholine rings is 1. The molecule has 0 aliphatic carbocycles. The van der Waals surface area contributed by atoms with Crippen LogP contribution in [0.3, 0.4) is 0 Å². The van der Waals surface area contributed by atoms with Gasteiger partial charge < -0.3 is 9.64 Å². The van der Waals surface area contributed by atoms with Gasteiger partial charge in [-0.15, -0.1) is 0 Å². The number of hydroxylamine groups is 1. The van der Waals surface area contributed by atoms with Crippen molar-refractivity contribution in [3.8, 4) is 0 Å². The number of benzene rings is 3. The number of hydrogen-bond acceptors (Lipinski definition) is 6. The minimum Gasteiger partial charge on any atom is -0.378 e. The molecule has 3 amide bonds. The average molecular weight is 476 g/mol. The van der Waals surface area contributed by atoms with Gasteiger partial charge in [0, 0.05) is 46.2 Å². The number of carbonyl (C=O) groups excluding carboxylic acids is 3. The van der Waals surface area contributed by atoms with Gasteiger partial charge in [0.2, 0.25) is 0 Å². The smallest absolute Gasteiger partial charge is 0.274 e.